The molecule has 4 nitrogen and oxygen atoms in total. The Hall–Kier alpha value is -1.72. The summed E-state index contributed by atoms with van der Waals surface area (Å²) in [6, 6.07) is 9.99. The Morgan fingerprint density at radius 3 is 2.86 bits per heavy atom. The maximum Gasteiger partial charge on any atom is 0.252 e. The lowest BCUT2D eigenvalue weighted by Gasteiger charge is -2.03. The summed E-state index contributed by atoms with van der Waals surface area (Å²) in [4.78, 5) is 17.0. The number of carbonyl (C=O) groups excluding carboxylic acids is 1. The van der Waals surface area contributed by atoms with Crippen molar-refractivity contribution in [1.29, 1.82) is 0 Å². The Morgan fingerprint density at radius 2 is 2.10 bits per heavy atom. The molecule has 2 aromatic rings. The maximum atomic E-state index is 11.7. The van der Waals surface area contributed by atoms with Gasteiger partial charge in [0.15, 0.2) is 5.13 Å². The molecule has 0 fully saturated rings. The molecule has 1 aromatic carbocycles. The molecule has 0 bridgehead atoms. The van der Waals surface area contributed by atoms with E-state index in [0.29, 0.717) is 11.7 Å². The third kappa shape index (κ3) is 5.28. The number of nitrogens with zero attached hydrogens (tertiary/aromatic N) is 1. The van der Waals surface area contributed by atoms with Gasteiger partial charge in [-0.15, -0.1) is 0 Å². The van der Waals surface area contributed by atoms with Gasteiger partial charge >= 0.3 is 0 Å². The van der Waals surface area contributed by atoms with Gasteiger partial charge in [0.05, 0.1) is 4.88 Å². The molecule has 0 aliphatic heterocycles. The molecule has 112 valence electrons. The molecular formula is C16H20N2O2S. The Kier molecular flexibility index (Phi) is 6.37. The molecule has 0 radical (unpaired) electrons. The van der Waals surface area contributed by atoms with Gasteiger partial charge in [-0.1, -0.05) is 61.4 Å². The average Bonchev–Trinajstić information content (AvgIpc) is 2.96. The molecule has 2 rings (SSSR count). The molecule has 5 heteroatoms. The Bertz CT molecular complexity index is 554. The van der Waals surface area contributed by atoms with Gasteiger partial charge in [-0.05, 0) is 12.0 Å². The predicted octanol–water partition coefficient (Wildman–Crippen LogP) is 3.96. The van der Waals surface area contributed by atoms with E-state index in [1.54, 1.807) is 6.20 Å². The number of aromatic nitrogens is 1. The number of nitrogens with one attached hydrogen (secondary N) is 1. The first kappa shape index (κ1) is 15.7. The summed E-state index contributed by atoms with van der Waals surface area (Å²) in [5.74, 6) is -0.152. The van der Waals surface area contributed by atoms with Crippen molar-refractivity contribution in [2.45, 2.75) is 26.2 Å². The summed E-state index contributed by atoms with van der Waals surface area (Å²) in [5, 5.41) is 3.37. The summed E-state index contributed by atoms with van der Waals surface area (Å²) >= 11 is 1.46. The monoisotopic (exact) mass is 304 g/mol. The highest BCUT2D eigenvalue weighted by Gasteiger charge is 2.07. The molecule has 21 heavy (non-hydrogen) atoms. The maximum absolute atomic E-state index is 11.7. The SMILES string of the molecule is CCCCCOCC(=O)Nc1ncc(-c2ccccc2)s1. The van der Waals surface area contributed by atoms with Crippen molar-refractivity contribution >= 4 is 22.4 Å². The van der Waals surface area contributed by atoms with Gasteiger partial charge in [-0.2, -0.15) is 0 Å². The van der Waals surface area contributed by atoms with Crippen LogP contribution < -0.4 is 5.32 Å². The van der Waals surface area contributed by atoms with E-state index >= 15 is 0 Å². The zero-order valence-corrected chi connectivity index (χ0v) is 13.0. The van der Waals surface area contributed by atoms with E-state index in [1.165, 1.54) is 11.3 Å². The molecule has 0 saturated heterocycles. The summed E-state index contributed by atoms with van der Waals surface area (Å²) in [6.45, 7) is 2.86. The Balaban J connectivity index is 1.78. The van der Waals surface area contributed by atoms with Gasteiger partial charge in [0.25, 0.3) is 5.91 Å². The van der Waals surface area contributed by atoms with Crippen molar-refractivity contribution in [3.8, 4) is 10.4 Å². The van der Waals surface area contributed by atoms with Crippen LogP contribution in [0.1, 0.15) is 26.2 Å². The average molecular weight is 304 g/mol. The first-order valence-corrected chi connectivity index (χ1v) is 8.00. The fourth-order valence-electron chi connectivity index (χ4n) is 1.84. The van der Waals surface area contributed by atoms with Crippen LogP contribution in [0, 0.1) is 0 Å². The molecule has 0 atom stereocenters. The van der Waals surface area contributed by atoms with Crippen molar-refractivity contribution in [3.63, 3.8) is 0 Å². The molecule has 0 saturated carbocycles. The van der Waals surface area contributed by atoms with E-state index in [1.807, 2.05) is 30.3 Å². The van der Waals surface area contributed by atoms with Crippen molar-refractivity contribution in [3.05, 3.63) is 36.5 Å². The van der Waals surface area contributed by atoms with Crippen molar-refractivity contribution < 1.29 is 9.53 Å². The Morgan fingerprint density at radius 1 is 1.29 bits per heavy atom. The van der Waals surface area contributed by atoms with Gasteiger partial charge in [0.1, 0.15) is 6.61 Å². The zero-order valence-electron chi connectivity index (χ0n) is 12.2. The van der Waals surface area contributed by atoms with Crippen molar-refractivity contribution in [2.24, 2.45) is 0 Å². The molecule has 1 heterocycles. The predicted molar refractivity (Wildman–Crippen MR) is 86.5 cm³/mol. The third-order valence-electron chi connectivity index (χ3n) is 2.94. The topological polar surface area (TPSA) is 51.2 Å². The van der Waals surface area contributed by atoms with Crippen LogP contribution in [0.3, 0.4) is 0 Å². The van der Waals surface area contributed by atoms with Crippen LogP contribution in [0.2, 0.25) is 0 Å². The molecular weight excluding hydrogens is 284 g/mol. The number of amides is 1. The van der Waals surface area contributed by atoms with Gasteiger partial charge in [-0.25, -0.2) is 4.98 Å². The lowest BCUT2D eigenvalue weighted by atomic mass is 10.2. The minimum atomic E-state index is -0.152. The molecule has 0 spiro atoms. The van der Waals surface area contributed by atoms with E-state index < -0.39 is 0 Å². The number of thiazole rings is 1. The molecule has 1 aromatic heterocycles. The first-order chi connectivity index (χ1) is 10.3. The molecule has 1 N–H and O–H groups in total. The fraction of sp³-hybridized carbons (Fsp3) is 0.375. The highest BCUT2D eigenvalue weighted by molar-refractivity contribution is 7.19. The summed E-state index contributed by atoms with van der Waals surface area (Å²) in [6.07, 6.45) is 5.06. The minimum Gasteiger partial charge on any atom is -0.372 e. The number of benzene rings is 1. The van der Waals surface area contributed by atoms with Crippen LogP contribution >= 0.6 is 11.3 Å². The largest absolute Gasteiger partial charge is 0.372 e. The van der Waals surface area contributed by atoms with Gasteiger partial charge in [-0.3, -0.25) is 10.1 Å². The Labute approximate surface area is 129 Å². The lowest BCUT2D eigenvalue weighted by Crippen LogP contribution is -2.18. The van der Waals surface area contributed by atoms with Crippen molar-refractivity contribution in [1.82, 2.24) is 4.98 Å². The highest BCUT2D eigenvalue weighted by atomic mass is 32.1. The second-order valence-corrected chi connectivity index (χ2v) is 5.73. The van der Waals surface area contributed by atoms with Crippen molar-refractivity contribution in [2.75, 3.05) is 18.5 Å². The van der Waals surface area contributed by atoms with E-state index in [-0.39, 0.29) is 12.5 Å². The summed E-state index contributed by atoms with van der Waals surface area (Å²) < 4.78 is 5.33. The van der Waals surface area contributed by atoms with E-state index in [0.717, 1.165) is 29.7 Å². The first-order valence-electron chi connectivity index (χ1n) is 7.18. The molecule has 0 unspecified atom stereocenters. The van der Waals surface area contributed by atoms with Crippen LogP contribution in [0.4, 0.5) is 5.13 Å². The number of unbranched alkanes of at least 4 members (excludes halogenated alkanes) is 2. The fourth-order valence-corrected chi connectivity index (χ4v) is 2.68. The van der Waals surface area contributed by atoms with Crippen LogP contribution in [-0.4, -0.2) is 24.1 Å². The quantitative estimate of drug-likeness (QED) is 0.751. The number of rotatable bonds is 8. The van der Waals surface area contributed by atoms with Gasteiger partial charge in [0, 0.05) is 12.8 Å². The van der Waals surface area contributed by atoms with E-state index in [9.17, 15) is 4.79 Å². The third-order valence-corrected chi connectivity index (χ3v) is 3.90. The standard InChI is InChI=1S/C16H20N2O2S/c1-2-3-7-10-20-12-15(19)18-16-17-11-14(21-16)13-8-5-4-6-9-13/h4-6,8-9,11H,2-3,7,10,12H2,1H3,(H,17,18,19). The normalized spacial score (nSPS) is 10.5. The van der Waals surface area contributed by atoms with E-state index in [2.05, 4.69) is 17.2 Å². The molecule has 0 aliphatic carbocycles. The lowest BCUT2D eigenvalue weighted by molar-refractivity contribution is -0.120. The smallest absolute Gasteiger partial charge is 0.252 e. The second-order valence-electron chi connectivity index (χ2n) is 4.70. The number of ether oxygens (including phenoxy) is 1. The molecule has 0 aliphatic rings. The van der Waals surface area contributed by atoms with Gasteiger partial charge < -0.3 is 4.74 Å². The minimum absolute atomic E-state index is 0.0873. The van der Waals surface area contributed by atoms with Crippen LogP contribution in [0.15, 0.2) is 36.5 Å². The second kappa shape index (κ2) is 8.54. The number of anilines is 1. The zero-order chi connectivity index (χ0) is 14.9. The number of hydrogen-bond donors (Lipinski definition) is 1. The van der Waals surface area contributed by atoms with Crippen LogP contribution in [0.5, 0.6) is 0 Å². The number of hydrogen-bond acceptors (Lipinski definition) is 4. The van der Waals surface area contributed by atoms with Gasteiger partial charge in [0.2, 0.25) is 0 Å². The summed E-state index contributed by atoms with van der Waals surface area (Å²) in [7, 11) is 0. The van der Waals surface area contributed by atoms with Crippen LogP contribution in [-0.2, 0) is 9.53 Å². The molecule has 1 amide bonds. The summed E-state index contributed by atoms with van der Waals surface area (Å²) in [5.41, 5.74) is 1.10. The highest BCUT2D eigenvalue weighted by Crippen LogP contribution is 2.28. The van der Waals surface area contributed by atoms with Crippen LogP contribution in [0.25, 0.3) is 10.4 Å². The van der Waals surface area contributed by atoms with E-state index in [4.69, 9.17) is 4.74 Å². The number of carbonyl (C=O) groups is 1.